The van der Waals surface area contributed by atoms with Gasteiger partial charge in [-0.3, -0.25) is 0 Å². The van der Waals surface area contributed by atoms with Crippen molar-refractivity contribution in [1.82, 2.24) is 0 Å². The Morgan fingerprint density at radius 1 is 1.43 bits per heavy atom. The normalized spacial score (nSPS) is 31.5. The van der Waals surface area contributed by atoms with Crippen molar-refractivity contribution in [3.8, 4) is 0 Å². The van der Waals surface area contributed by atoms with E-state index in [4.69, 9.17) is 15.2 Å². The number of nitrogens with two attached hydrogens (primary N) is 1. The molecule has 1 rings (SSSR count). The smallest absolute Gasteiger partial charge is 0.356 e. The quantitative estimate of drug-likeness (QED) is 0.754. The van der Waals surface area contributed by atoms with Gasteiger partial charge in [-0.25, -0.2) is 0 Å². The molecule has 0 saturated carbocycles. The average molecular weight is 213 g/mol. The monoisotopic (exact) mass is 213 g/mol. The highest BCUT2D eigenvalue weighted by atomic mass is 19.4. The number of alkyl halides is 3. The molecule has 3 atom stereocenters. The highest BCUT2D eigenvalue weighted by molar-refractivity contribution is 4.82. The molecule has 0 aromatic rings. The number of hydrogen-bond acceptors (Lipinski definition) is 3. The van der Waals surface area contributed by atoms with E-state index in [1.165, 1.54) is 7.11 Å². The van der Waals surface area contributed by atoms with Gasteiger partial charge in [0.15, 0.2) is 6.29 Å². The molecule has 2 unspecified atom stereocenters. The van der Waals surface area contributed by atoms with Crippen molar-refractivity contribution in [2.45, 2.75) is 43.9 Å². The maximum absolute atomic E-state index is 12.2. The van der Waals surface area contributed by atoms with E-state index >= 15 is 0 Å². The van der Waals surface area contributed by atoms with Crippen LogP contribution in [-0.4, -0.2) is 31.7 Å². The van der Waals surface area contributed by atoms with Gasteiger partial charge in [-0.05, 0) is 19.3 Å². The number of halogens is 3. The molecule has 0 bridgehead atoms. The van der Waals surface area contributed by atoms with Crippen LogP contribution < -0.4 is 5.73 Å². The minimum Gasteiger partial charge on any atom is -0.356 e. The predicted octanol–water partition coefficient (Wildman–Crippen LogP) is 1.42. The Kier molecular flexibility index (Phi) is 3.74. The summed E-state index contributed by atoms with van der Waals surface area (Å²) in [6, 6.07) is -1.92. The fourth-order valence-corrected chi connectivity index (χ4v) is 1.47. The lowest BCUT2D eigenvalue weighted by Crippen LogP contribution is -2.50. The van der Waals surface area contributed by atoms with Crippen molar-refractivity contribution in [1.29, 1.82) is 0 Å². The van der Waals surface area contributed by atoms with Gasteiger partial charge in [-0.15, -0.1) is 0 Å². The van der Waals surface area contributed by atoms with E-state index in [0.29, 0.717) is 19.3 Å². The van der Waals surface area contributed by atoms with Crippen molar-refractivity contribution in [2.75, 3.05) is 7.11 Å². The van der Waals surface area contributed by atoms with Gasteiger partial charge in [0.1, 0.15) is 6.04 Å². The molecule has 1 aliphatic heterocycles. The van der Waals surface area contributed by atoms with Crippen molar-refractivity contribution in [3.05, 3.63) is 0 Å². The molecule has 2 N–H and O–H groups in total. The zero-order valence-electron chi connectivity index (χ0n) is 7.88. The van der Waals surface area contributed by atoms with Crippen molar-refractivity contribution >= 4 is 0 Å². The minimum atomic E-state index is -4.40. The second-order valence-corrected chi connectivity index (χ2v) is 3.34. The first-order chi connectivity index (χ1) is 6.45. The van der Waals surface area contributed by atoms with Gasteiger partial charge >= 0.3 is 6.18 Å². The van der Waals surface area contributed by atoms with Crippen LogP contribution in [-0.2, 0) is 9.47 Å². The first-order valence-corrected chi connectivity index (χ1v) is 4.45. The van der Waals surface area contributed by atoms with Crippen molar-refractivity contribution in [3.63, 3.8) is 0 Å². The summed E-state index contributed by atoms with van der Waals surface area (Å²) in [6.07, 6.45) is -4.33. The lowest BCUT2D eigenvalue weighted by atomic mass is 10.0. The van der Waals surface area contributed by atoms with Crippen LogP contribution in [0.1, 0.15) is 19.3 Å². The van der Waals surface area contributed by atoms with Crippen LogP contribution in [0.15, 0.2) is 0 Å². The predicted molar refractivity (Wildman–Crippen MR) is 43.6 cm³/mol. The Morgan fingerprint density at radius 3 is 2.57 bits per heavy atom. The molecule has 0 aliphatic carbocycles. The highest BCUT2D eigenvalue weighted by Crippen LogP contribution is 2.28. The second-order valence-electron chi connectivity index (χ2n) is 3.34. The summed E-state index contributed by atoms with van der Waals surface area (Å²) in [4.78, 5) is 0. The molecule has 1 heterocycles. The fraction of sp³-hybridized carbons (Fsp3) is 1.00. The highest BCUT2D eigenvalue weighted by Gasteiger charge is 2.44. The van der Waals surface area contributed by atoms with Gasteiger partial charge in [0.05, 0.1) is 6.10 Å². The Labute approximate surface area is 80.4 Å². The number of ether oxygens (including phenoxy) is 2. The summed E-state index contributed by atoms with van der Waals surface area (Å²) in [5.74, 6) is 0. The third-order valence-electron chi connectivity index (χ3n) is 2.30. The Bertz CT molecular complexity index is 186. The van der Waals surface area contributed by atoms with E-state index in [9.17, 15) is 13.2 Å². The van der Waals surface area contributed by atoms with Crippen LogP contribution in [0.3, 0.4) is 0 Å². The summed E-state index contributed by atoms with van der Waals surface area (Å²) < 4.78 is 46.6. The Morgan fingerprint density at radius 2 is 2.07 bits per heavy atom. The maximum atomic E-state index is 12.2. The minimum absolute atomic E-state index is 0.334. The van der Waals surface area contributed by atoms with Crippen LogP contribution in [0.5, 0.6) is 0 Å². The van der Waals surface area contributed by atoms with E-state index < -0.39 is 24.6 Å². The number of methoxy groups -OCH3 is 1. The summed E-state index contributed by atoms with van der Waals surface area (Å²) in [6.45, 7) is 0. The van der Waals surface area contributed by atoms with E-state index in [0.717, 1.165) is 0 Å². The Hall–Kier alpha value is -0.330. The maximum Gasteiger partial charge on any atom is 0.406 e. The van der Waals surface area contributed by atoms with Gasteiger partial charge in [0.2, 0.25) is 0 Å². The van der Waals surface area contributed by atoms with Crippen LogP contribution >= 0.6 is 0 Å². The van der Waals surface area contributed by atoms with Crippen LogP contribution in [0.25, 0.3) is 0 Å². The van der Waals surface area contributed by atoms with E-state index in [1.54, 1.807) is 0 Å². The van der Waals surface area contributed by atoms with Crippen molar-refractivity contribution < 1.29 is 22.6 Å². The molecule has 1 aliphatic rings. The third kappa shape index (κ3) is 2.83. The SMILES string of the molecule is CO[C@@H]1CCCC(C(N)C(F)(F)F)O1. The van der Waals surface area contributed by atoms with Gasteiger partial charge < -0.3 is 15.2 Å². The molecule has 0 spiro atoms. The third-order valence-corrected chi connectivity index (χ3v) is 2.30. The second kappa shape index (κ2) is 4.46. The molecule has 84 valence electrons. The summed E-state index contributed by atoms with van der Waals surface area (Å²) in [5, 5.41) is 0. The van der Waals surface area contributed by atoms with Gasteiger partial charge in [0.25, 0.3) is 0 Å². The first-order valence-electron chi connectivity index (χ1n) is 4.45. The molecular formula is C8H14F3NO2. The topological polar surface area (TPSA) is 44.5 Å². The molecule has 1 saturated heterocycles. The molecule has 0 amide bonds. The lowest BCUT2D eigenvalue weighted by Gasteiger charge is -2.33. The molecule has 1 fully saturated rings. The van der Waals surface area contributed by atoms with E-state index in [2.05, 4.69) is 0 Å². The molecular weight excluding hydrogens is 199 g/mol. The standard InChI is InChI=1S/C8H14F3NO2/c1-13-6-4-2-3-5(14-6)7(12)8(9,10)11/h5-7H,2-4,12H2,1H3/t5?,6-,7?/m0/s1. The van der Waals surface area contributed by atoms with Gasteiger partial charge in [0, 0.05) is 7.11 Å². The summed E-state index contributed by atoms with van der Waals surface area (Å²) in [5.41, 5.74) is 5.04. The largest absolute Gasteiger partial charge is 0.406 e. The molecule has 6 heteroatoms. The van der Waals surface area contributed by atoms with Crippen LogP contribution in [0.2, 0.25) is 0 Å². The number of hydrogen-bond donors (Lipinski definition) is 1. The van der Waals surface area contributed by atoms with E-state index in [-0.39, 0.29) is 0 Å². The molecule has 0 aromatic heterocycles. The lowest BCUT2D eigenvalue weighted by molar-refractivity contribution is -0.229. The van der Waals surface area contributed by atoms with Gasteiger partial charge in [-0.2, -0.15) is 13.2 Å². The van der Waals surface area contributed by atoms with E-state index in [1.807, 2.05) is 0 Å². The zero-order valence-corrected chi connectivity index (χ0v) is 7.88. The Balaban J connectivity index is 2.51. The van der Waals surface area contributed by atoms with Crippen LogP contribution in [0, 0.1) is 0 Å². The molecule has 0 aromatic carbocycles. The van der Waals surface area contributed by atoms with Crippen molar-refractivity contribution in [2.24, 2.45) is 5.73 Å². The molecule has 0 radical (unpaired) electrons. The number of rotatable bonds is 2. The first kappa shape index (κ1) is 11.7. The van der Waals surface area contributed by atoms with Gasteiger partial charge in [-0.1, -0.05) is 0 Å². The molecule has 3 nitrogen and oxygen atoms in total. The van der Waals surface area contributed by atoms with Crippen LogP contribution in [0.4, 0.5) is 13.2 Å². The summed E-state index contributed by atoms with van der Waals surface area (Å²) >= 11 is 0. The average Bonchev–Trinajstić information content (AvgIpc) is 2.15. The summed E-state index contributed by atoms with van der Waals surface area (Å²) in [7, 11) is 1.41. The zero-order chi connectivity index (χ0) is 10.8. The fourth-order valence-electron chi connectivity index (χ4n) is 1.47. The molecule has 14 heavy (non-hydrogen) atoms.